The van der Waals surface area contributed by atoms with E-state index in [1.54, 1.807) is 24.3 Å². The zero-order valence-electron chi connectivity index (χ0n) is 10.4. The Hall–Kier alpha value is -2.95. The van der Waals surface area contributed by atoms with Crippen LogP contribution in [-0.2, 0) is 0 Å². The topological polar surface area (TPSA) is 72.2 Å². The molecule has 0 spiro atoms. The van der Waals surface area contributed by atoms with Crippen molar-refractivity contribution in [2.45, 2.75) is 0 Å². The second kappa shape index (κ2) is 4.62. The lowest BCUT2D eigenvalue weighted by Crippen LogP contribution is -2.28. The van der Waals surface area contributed by atoms with Crippen LogP contribution in [0.3, 0.4) is 0 Å². The van der Waals surface area contributed by atoms with Gasteiger partial charge in [-0.15, -0.1) is 0 Å². The fourth-order valence-electron chi connectivity index (χ4n) is 2.18. The van der Waals surface area contributed by atoms with Crippen molar-refractivity contribution in [2.24, 2.45) is 0 Å². The maximum atomic E-state index is 11.9. The lowest BCUT2D eigenvalue weighted by molar-refractivity contribution is 0.196. The van der Waals surface area contributed by atoms with Crippen molar-refractivity contribution in [3.8, 4) is 11.3 Å². The summed E-state index contributed by atoms with van der Waals surface area (Å²) in [5.74, 6) is 0. The number of carboxylic acid groups (broad SMARTS) is 1. The highest BCUT2D eigenvalue weighted by atomic mass is 16.4. The average Bonchev–Trinajstić information content (AvgIpc) is 2.47. The molecule has 2 aromatic carbocycles. The number of hydrogen-bond acceptors (Lipinski definition) is 3. The van der Waals surface area contributed by atoms with Crippen molar-refractivity contribution in [2.75, 3.05) is 0 Å². The molecule has 0 radical (unpaired) electrons. The van der Waals surface area contributed by atoms with E-state index in [2.05, 4.69) is 4.98 Å². The summed E-state index contributed by atoms with van der Waals surface area (Å²) in [5, 5.41) is 9.77. The Morgan fingerprint density at radius 2 is 1.65 bits per heavy atom. The van der Waals surface area contributed by atoms with Gasteiger partial charge in [-0.25, -0.2) is 9.59 Å². The zero-order chi connectivity index (χ0) is 14.1. The number of hydrogen-bond donors (Lipinski definition) is 1. The highest BCUT2D eigenvalue weighted by Crippen LogP contribution is 2.24. The normalized spacial score (nSPS) is 10.6. The first-order chi connectivity index (χ1) is 9.68. The van der Waals surface area contributed by atoms with Crippen molar-refractivity contribution in [3.05, 3.63) is 65.1 Å². The summed E-state index contributed by atoms with van der Waals surface area (Å²) in [5.41, 5.74) is 0.802. The van der Waals surface area contributed by atoms with E-state index in [4.69, 9.17) is 5.11 Å². The van der Waals surface area contributed by atoms with Crippen LogP contribution >= 0.6 is 0 Å². The van der Waals surface area contributed by atoms with Crippen LogP contribution in [0.5, 0.6) is 0 Å². The monoisotopic (exact) mass is 266 g/mol. The highest BCUT2D eigenvalue weighted by Gasteiger charge is 2.15. The van der Waals surface area contributed by atoms with E-state index in [9.17, 15) is 9.59 Å². The Morgan fingerprint density at radius 1 is 1.00 bits per heavy atom. The van der Waals surface area contributed by atoms with Crippen molar-refractivity contribution in [1.29, 1.82) is 0 Å². The van der Waals surface area contributed by atoms with Crippen molar-refractivity contribution >= 4 is 17.0 Å². The molecule has 1 heterocycles. The fraction of sp³-hybridized carbons (Fsp3) is 0. The maximum Gasteiger partial charge on any atom is 0.420 e. The van der Waals surface area contributed by atoms with E-state index in [0.29, 0.717) is 21.2 Å². The number of rotatable bonds is 1. The molecular weight excluding hydrogens is 256 g/mol. The number of benzene rings is 2. The molecule has 3 aromatic rings. The van der Waals surface area contributed by atoms with Crippen LogP contribution in [0.25, 0.3) is 22.2 Å². The van der Waals surface area contributed by atoms with Crippen LogP contribution in [0.4, 0.5) is 4.79 Å². The van der Waals surface area contributed by atoms with Crippen LogP contribution in [0.15, 0.2) is 59.4 Å². The molecule has 0 unspecified atom stereocenters. The predicted molar refractivity (Wildman–Crippen MR) is 74.9 cm³/mol. The summed E-state index contributed by atoms with van der Waals surface area (Å²) in [7, 11) is 0. The molecule has 5 heteroatoms. The van der Waals surface area contributed by atoms with Gasteiger partial charge in [-0.3, -0.25) is 0 Å². The lowest BCUT2D eigenvalue weighted by atomic mass is 10.1. The molecule has 0 amide bonds. The SMILES string of the molecule is O=C(O)n1c(=O)nc(-c2ccccc2)c2ccccc21. The molecule has 0 fully saturated rings. The summed E-state index contributed by atoms with van der Waals surface area (Å²) in [4.78, 5) is 27.1. The Bertz CT molecular complexity index is 854. The lowest BCUT2D eigenvalue weighted by Gasteiger charge is -2.09. The Kier molecular flexibility index (Phi) is 2.80. The van der Waals surface area contributed by atoms with Crippen LogP contribution < -0.4 is 5.69 Å². The first kappa shape index (κ1) is 12.1. The summed E-state index contributed by atoms with van der Waals surface area (Å²) in [6.45, 7) is 0. The maximum absolute atomic E-state index is 11.9. The van der Waals surface area contributed by atoms with E-state index < -0.39 is 11.8 Å². The van der Waals surface area contributed by atoms with Gasteiger partial charge in [0.25, 0.3) is 0 Å². The molecule has 1 N–H and O–H groups in total. The second-order valence-corrected chi connectivity index (χ2v) is 4.24. The van der Waals surface area contributed by atoms with Gasteiger partial charge in [-0.2, -0.15) is 9.55 Å². The van der Waals surface area contributed by atoms with Crippen LogP contribution in [0, 0.1) is 0 Å². The quantitative estimate of drug-likeness (QED) is 0.734. The first-order valence-corrected chi connectivity index (χ1v) is 5.99. The van der Waals surface area contributed by atoms with Crippen molar-refractivity contribution in [1.82, 2.24) is 9.55 Å². The first-order valence-electron chi connectivity index (χ1n) is 5.99. The molecular formula is C15H10N2O3. The highest BCUT2D eigenvalue weighted by molar-refractivity contribution is 5.95. The molecule has 0 saturated heterocycles. The standard InChI is InChI=1S/C15H10N2O3/c18-14-16-13(10-6-2-1-3-7-10)11-8-4-5-9-12(11)17(14)15(19)20/h1-9H,(H,19,20). The molecule has 0 aliphatic carbocycles. The second-order valence-electron chi connectivity index (χ2n) is 4.24. The minimum atomic E-state index is -1.33. The Labute approximate surface area is 113 Å². The molecule has 5 nitrogen and oxygen atoms in total. The molecule has 0 atom stereocenters. The molecule has 1 aromatic heterocycles. The number of aromatic nitrogens is 2. The number of carbonyl (C=O) groups is 1. The molecule has 0 aliphatic heterocycles. The third-order valence-electron chi connectivity index (χ3n) is 3.04. The Morgan fingerprint density at radius 3 is 2.35 bits per heavy atom. The summed E-state index contributed by atoms with van der Waals surface area (Å²) >= 11 is 0. The van der Waals surface area contributed by atoms with Crippen molar-refractivity contribution < 1.29 is 9.90 Å². The number of nitrogens with zero attached hydrogens (tertiary/aromatic N) is 2. The van der Waals surface area contributed by atoms with Gasteiger partial charge >= 0.3 is 11.8 Å². The van der Waals surface area contributed by atoms with E-state index in [1.807, 2.05) is 30.3 Å². The van der Waals surface area contributed by atoms with E-state index in [1.165, 1.54) is 0 Å². The van der Waals surface area contributed by atoms with Gasteiger partial charge < -0.3 is 5.11 Å². The average molecular weight is 266 g/mol. The van der Waals surface area contributed by atoms with Crippen molar-refractivity contribution in [3.63, 3.8) is 0 Å². The minimum Gasteiger partial charge on any atom is -0.464 e. The van der Waals surface area contributed by atoms with Gasteiger partial charge in [0, 0.05) is 10.9 Å². The smallest absolute Gasteiger partial charge is 0.420 e. The van der Waals surface area contributed by atoms with Gasteiger partial charge in [0.2, 0.25) is 0 Å². The molecule has 3 rings (SSSR count). The third-order valence-corrected chi connectivity index (χ3v) is 3.04. The minimum absolute atomic E-state index is 0.332. The van der Waals surface area contributed by atoms with Gasteiger partial charge in [-0.05, 0) is 6.07 Å². The molecule has 0 saturated carbocycles. The summed E-state index contributed by atoms with van der Waals surface area (Å²) in [6.07, 6.45) is -1.33. The molecule has 0 bridgehead atoms. The van der Waals surface area contributed by atoms with E-state index in [-0.39, 0.29) is 0 Å². The molecule has 98 valence electrons. The van der Waals surface area contributed by atoms with Crippen LogP contribution in [-0.4, -0.2) is 20.8 Å². The largest absolute Gasteiger partial charge is 0.464 e. The van der Waals surface area contributed by atoms with Crippen LogP contribution in [0.1, 0.15) is 0 Å². The number of fused-ring (bicyclic) bond motifs is 1. The molecule has 0 aliphatic rings. The van der Waals surface area contributed by atoms with Crippen LogP contribution in [0.2, 0.25) is 0 Å². The summed E-state index contributed by atoms with van der Waals surface area (Å²) in [6, 6.07) is 16.0. The fourth-order valence-corrected chi connectivity index (χ4v) is 2.18. The van der Waals surface area contributed by atoms with Gasteiger partial charge in [0.15, 0.2) is 0 Å². The zero-order valence-corrected chi connectivity index (χ0v) is 10.4. The Balaban J connectivity index is 2.45. The van der Waals surface area contributed by atoms with Gasteiger partial charge in [-0.1, -0.05) is 48.5 Å². The number of para-hydroxylation sites is 1. The van der Waals surface area contributed by atoms with Gasteiger partial charge in [0.05, 0.1) is 11.2 Å². The van der Waals surface area contributed by atoms with E-state index >= 15 is 0 Å². The third kappa shape index (κ3) is 1.85. The predicted octanol–water partition coefficient (Wildman–Crippen LogP) is 2.59. The van der Waals surface area contributed by atoms with Gasteiger partial charge in [0.1, 0.15) is 0 Å². The van der Waals surface area contributed by atoms with E-state index in [0.717, 1.165) is 5.56 Å². The summed E-state index contributed by atoms with van der Waals surface area (Å²) < 4.78 is 0.655. The molecule has 20 heavy (non-hydrogen) atoms.